The molecule has 0 fully saturated rings. The quantitative estimate of drug-likeness (QED) is 0.352. The second-order valence-corrected chi connectivity index (χ2v) is 6.90. The fourth-order valence-electron chi connectivity index (χ4n) is 2.12. The van der Waals surface area contributed by atoms with E-state index in [0.717, 1.165) is 0 Å². The summed E-state index contributed by atoms with van der Waals surface area (Å²) >= 11 is 0. The van der Waals surface area contributed by atoms with Gasteiger partial charge >= 0.3 is 0 Å². The molecule has 0 aliphatic rings. The molecule has 6 nitrogen and oxygen atoms in total. The first kappa shape index (κ1) is 19.3. The molecule has 2 aromatic rings. The largest absolute Gasteiger partial charge is 0.372 e. The van der Waals surface area contributed by atoms with Crippen LogP contribution in [0, 0.1) is 17.5 Å². The highest BCUT2D eigenvalue weighted by Gasteiger charge is 2.25. The Kier molecular flexibility index (Phi) is 5.80. The average Bonchev–Trinajstić information content (AvgIpc) is 2.58. The topological polar surface area (TPSA) is 98.7 Å². The smallest absolute Gasteiger partial charge is 0.244 e. The van der Waals surface area contributed by atoms with Gasteiger partial charge in [-0.05, 0) is 30.2 Å². The molecule has 0 spiro atoms. The van der Waals surface area contributed by atoms with E-state index in [1.807, 2.05) is 0 Å². The molecule has 4 N–H and O–H groups in total. The summed E-state index contributed by atoms with van der Waals surface area (Å²) in [4.78, 5) is -1.00. The minimum atomic E-state index is -4.44. The Balaban J connectivity index is 2.24. The SMILES string of the molecule is CC(NS(=O)(=O)c1ccc(F)c(F)c1F)c1ccc(C(O)NO)cc1. The van der Waals surface area contributed by atoms with Crippen LogP contribution in [0.5, 0.6) is 0 Å². The zero-order chi connectivity index (χ0) is 18.8. The van der Waals surface area contributed by atoms with Crippen LogP contribution in [0.3, 0.4) is 0 Å². The molecule has 2 atom stereocenters. The molecular weight excluding hydrogens is 361 g/mol. The fourth-order valence-corrected chi connectivity index (χ4v) is 3.42. The average molecular weight is 376 g/mol. The number of benzene rings is 2. The van der Waals surface area contributed by atoms with Gasteiger partial charge in [-0.2, -0.15) is 5.48 Å². The van der Waals surface area contributed by atoms with E-state index in [2.05, 4.69) is 4.72 Å². The van der Waals surface area contributed by atoms with Crippen LogP contribution in [0.1, 0.15) is 30.3 Å². The summed E-state index contributed by atoms with van der Waals surface area (Å²) in [5, 5.41) is 18.0. The van der Waals surface area contributed by atoms with Crippen LogP contribution in [-0.4, -0.2) is 18.7 Å². The highest BCUT2D eigenvalue weighted by molar-refractivity contribution is 7.89. The van der Waals surface area contributed by atoms with Crippen molar-refractivity contribution < 1.29 is 31.9 Å². The van der Waals surface area contributed by atoms with Gasteiger partial charge in [0.25, 0.3) is 0 Å². The monoisotopic (exact) mass is 376 g/mol. The van der Waals surface area contributed by atoms with Gasteiger partial charge in [-0.15, -0.1) is 0 Å². The number of nitrogens with one attached hydrogen (secondary N) is 2. The Labute approximate surface area is 141 Å². The van der Waals surface area contributed by atoms with Crippen LogP contribution >= 0.6 is 0 Å². The minimum Gasteiger partial charge on any atom is -0.372 e. The molecule has 0 bridgehead atoms. The summed E-state index contributed by atoms with van der Waals surface area (Å²) in [6.07, 6.45) is -1.31. The second kappa shape index (κ2) is 7.50. The lowest BCUT2D eigenvalue weighted by molar-refractivity contribution is 0.000689. The summed E-state index contributed by atoms with van der Waals surface area (Å²) in [6, 6.07) is 6.16. The lowest BCUT2D eigenvalue weighted by Crippen LogP contribution is -2.28. The molecule has 2 rings (SSSR count). The summed E-state index contributed by atoms with van der Waals surface area (Å²) in [5.74, 6) is -5.16. The van der Waals surface area contributed by atoms with E-state index in [1.54, 1.807) is 5.48 Å². The van der Waals surface area contributed by atoms with Gasteiger partial charge in [-0.1, -0.05) is 24.3 Å². The molecule has 0 aliphatic heterocycles. The molecule has 0 saturated heterocycles. The van der Waals surface area contributed by atoms with Crippen LogP contribution in [0.25, 0.3) is 0 Å². The van der Waals surface area contributed by atoms with Gasteiger partial charge in [0.2, 0.25) is 10.0 Å². The lowest BCUT2D eigenvalue weighted by atomic mass is 10.1. The molecule has 0 saturated carbocycles. The molecule has 0 aromatic heterocycles. The maximum atomic E-state index is 13.7. The van der Waals surface area contributed by atoms with E-state index in [-0.39, 0.29) is 0 Å². The Morgan fingerprint density at radius 2 is 1.52 bits per heavy atom. The number of sulfonamides is 1. The van der Waals surface area contributed by atoms with Crippen molar-refractivity contribution in [3.63, 3.8) is 0 Å². The van der Waals surface area contributed by atoms with Crippen molar-refractivity contribution in [2.24, 2.45) is 0 Å². The summed E-state index contributed by atoms with van der Waals surface area (Å²) in [6.45, 7) is 1.46. The van der Waals surface area contributed by atoms with Crippen molar-refractivity contribution in [2.75, 3.05) is 0 Å². The molecule has 10 heteroatoms. The van der Waals surface area contributed by atoms with Crippen molar-refractivity contribution in [1.82, 2.24) is 10.2 Å². The summed E-state index contributed by atoms with van der Waals surface area (Å²) in [5.41, 5.74) is 2.43. The van der Waals surface area contributed by atoms with Gasteiger partial charge in [-0.25, -0.2) is 26.3 Å². The zero-order valence-corrected chi connectivity index (χ0v) is 13.7. The van der Waals surface area contributed by atoms with Crippen molar-refractivity contribution >= 4 is 10.0 Å². The molecule has 0 heterocycles. The van der Waals surface area contributed by atoms with Gasteiger partial charge in [0.15, 0.2) is 23.7 Å². The van der Waals surface area contributed by atoms with Crippen molar-refractivity contribution in [1.29, 1.82) is 0 Å². The van der Waals surface area contributed by atoms with Gasteiger partial charge in [-0.3, -0.25) is 0 Å². The van der Waals surface area contributed by atoms with E-state index in [1.165, 1.54) is 31.2 Å². The molecule has 2 aromatic carbocycles. The maximum absolute atomic E-state index is 13.7. The number of hydrogen-bond acceptors (Lipinski definition) is 5. The standard InChI is InChI=1S/C15H15F3N2O4S/c1-8(9-2-4-10(5-3-9)15(21)19-22)20-25(23,24)12-7-6-11(16)13(17)14(12)18/h2-8,15,19-22H,1H3. The van der Waals surface area contributed by atoms with E-state index in [9.17, 15) is 26.7 Å². The Hall–Kier alpha value is -1.98. The van der Waals surface area contributed by atoms with Gasteiger partial charge in [0.05, 0.1) is 0 Å². The summed E-state index contributed by atoms with van der Waals surface area (Å²) in [7, 11) is -4.44. The van der Waals surface area contributed by atoms with Crippen LogP contribution in [0.15, 0.2) is 41.3 Å². The number of rotatable bonds is 6. The van der Waals surface area contributed by atoms with Crippen LogP contribution < -0.4 is 10.2 Å². The Bertz CT molecular complexity index is 860. The van der Waals surface area contributed by atoms with E-state index < -0.39 is 44.6 Å². The molecule has 0 radical (unpaired) electrons. The predicted octanol–water partition coefficient (Wildman–Crippen LogP) is 2.11. The third-order valence-electron chi connectivity index (χ3n) is 3.50. The Morgan fingerprint density at radius 3 is 2.08 bits per heavy atom. The van der Waals surface area contributed by atoms with Crippen molar-refractivity contribution in [2.45, 2.75) is 24.1 Å². The van der Waals surface area contributed by atoms with Gasteiger partial charge < -0.3 is 10.3 Å². The highest BCUT2D eigenvalue weighted by Crippen LogP contribution is 2.23. The highest BCUT2D eigenvalue weighted by atomic mass is 32.2. The third kappa shape index (κ3) is 4.17. The molecule has 0 amide bonds. The molecule has 0 aliphatic carbocycles. The van der Waals surface area contributed by atoms with E-state index >= 15 is 0 Å². The van der Waals surface area contributed by atoms with Crippen LogP contribution in [0.2, 0.25) is 0 Å². The first-order chi connectivity index (χ1) is 11.7. The fraction of sp³-hybridized carbons (Fsp3) is 0.200. The number of aliphatic hydroxyl groups excluding tert-OH is 1. The third-order valence-corrected chi connectivity index (χ3v) is 5.05. The Morgan fingerprint density at radius 1 is 0.960 bits per heavy atom. The van der Waals surface area contributed by atoms with Gasteiger partial charge in [0, 0.05) is 6.04 Å². The summed E-state index contributed by atoms with van der Waals surface area (Å²) < 4.78 is 66.4. The number of hydrogen-bond donors (Lipinski definition) is 4. The number of hydroxylamine groups is 1. The first-order valence-corrected chi connectivity index (χ1v) is 8.49. The molecule has 2 unspecified atom stereocenters. The molecule has 25 heavy (non-hydrogen) atoms. The number of aliphatic hydroxyl groups is 1. The molecular formula is C15H15F3N2O4S. The number of halogens is 3. The first-order valence-electron chi connectivity index (χ1n) is 7.00. The minimum absolute atomic E-state index is 0.327. The van der Waals surface area contributed by atoms with E-state index in [0.29, 0.717) is 23.3 Å². The zero-order valence-electron chi connectivity index (χ0n) is 12.9. The predicted molar refractivity (Wildman–Crippen MR) is 81.4 cm³/mol. The normalized spacial score (nSPS) is 14.3. The lowest BCUT2D eigenvalue weighted by Gasteiger charge is -2.16. The van der Waals surface area contributed by atoms with Crippen LogP contribution in [0.4, 0.5) is 13.2 Å². The van der Waals surface area contributed by atoms with Crippen molar-refractivity contribution in [3.05, 3.63) is 65.0 Å². The van der Waals surface area contributed by atoms with Crippen LogP contribution in [-0.2, 0) is 10.0 Å². The second-order valence-electron chi connectivity index (χ2n) is 5.21. The van der Waals surface area contributed by atoms with Gasteiger partial charge in [0.1, 0.15) is 4.90 Å². The maximum Gasteiger partial charge on any atom is 0.244 e. The molecule has 136 valence electrons. The van der Waals surface area contributed by atoms with Crippen molar-refractivity contribution in [3.8, 4) is 0 Å². The van der Waals surface area contributed by atoms with E-state index in [4.69, 9.17) is 5.21 Å².